The average molecular weight is 382 g/mol. The number of benzene rings is 1. The van der Waals surface area contributed by atoms with Crippen molar-refractivity contribution in [1.29, 1.82) is 0 Å². The molecule has 9 heteroatoms. The normalized spacial score (nSPS) is 15.6. The van der Waals surface area contributed by atoms with Gasteiger partial charge in [0, 0.05) is 14.5 Å². The van der Waals surface area contributed by atoms with Crippen LogP contribution in [0, 0.1) is 17.6 Å². The lowest BCUT2D eigenvalue weighted by Crippen LogP contribution is -2.51. The first-order valence-corrected chi connectivity index (χ1v) is 8.24. The smallest absolute Gasteiger partial charge is 0.322 e. The number of carbonyl (C=O) groups excluding carboxylic acids is 2. The molecule has 1 unspecified atom stereocenters. The van der Waals surface area contributed by atoms with Gasteiger partial charge in [-0.2, -0.15) is 4.39 Å². The zero-order valence-electron chi connectivity index (χ0n) is 14.6. The third-order valence-corrected chi connectivity index (χ3v) is 4.40. The molecule has 6 nitrogen and oxygen atoms in total. The molecule has 0 bridgehead atoms. The van der Waals surface area contributed by atoms with Crippen LogP contribution in [0.5, 0.6) is 0 Å². The van der Waals surface area contributed by atoms with Gasteiger partial charge < -0.3 is 15.5 Å². The lowest BCUT2D eigenvalue weighted by Gasteiger charge is -2.33. The van der Waals surface area contributed by atoms with Crippen LogP contribution < -0.4 is 10.6 Å². The van der Waals surface area contributed by atoms with Crippen molar-refractivity contribution in [2.24, 2.45) is 0 Å². The van der Waals surface area contributed by atoms with Crippen LogP contribution in [0.3, 0.4) is 0 Å². The fraction of sp³-hybridized carbons (Fsp3) is 0.278. The van der Waals surface area contributed by atoms with Gasteiger partial charge in [0.1, 0.15) is 17.7 Å². The van der Waals surface area contributed by atoms with E-state index >= 15 is 0 Å². The van der Waals surface area contributed by atoms with Crippen LogP contribution in [0.4, 0.5) is 23.7 Å². The van der Waals surface area contributed by atoms with Gasteiger partial charge in [0.2, 0.25) is 11.9 Å². The number of anilines is 1. The van der Waals surface area contributed by atoms with Gasteiger partial charge in [-0.15, -0.1) is 0 Å². The molecule has 2 N–H and O–H groups in total. The Bertz CT molecular complexity index is 917. The van der Waals surface area contributed by atoms with Gasteiger partial charge >= 0.3 is 6.03 Å². The standard InChI is InChI=1S/C18H17F3N4O2.2H2/c1-9(12-4-3-11(19)7-13(12)20)22-17(26)10(2)25-8-15-14(24-18(25)27)5-6-16(21)23-15;;/h3-7,9-10H,8H2,1-2H3,(H,22,26)(H,24,27);2*1H/t9-,10?;;/m0../s1. The van der Waals surface area contributed by atoms with Crippen molar-refractivity contribution in [1.82, 2.24) is 15.2 Å². The molecule has 1 aromatic heterocycles. The zero-order chi connectivity index (χ0) is 19.7. The first kappa shape index (κ1) is 18.7. The third kappa shape index (κ3) is 3.86. The van der Waals surface area contributed by atoms with Crippen LogP contribution in [0.15, 0.2) is 30.3 Å². The molecule has 1 aliphatic rings. The Kier molecular flexibility index (Phi) is 5.02. The SMILES string of the molecule is CC(C(=O)N[C@@H](C)c1ccc(F)cc1F)N1Cc2nc(F)ccc2NC1=O.[HH].[HH]. The Hall–Kier alpha value is -3.10. The van der Waals surface area contributed by atoms with Crippen LogP contribution in [0.25, 0.3) is 0 Å². The molecule has 0 radical (unpaired) electrons. The van der Waals surface area contributed by atoms with E-state index in [1.807, 2.05) is 0 Å². The Morgan fingerprint density at radius 3 is 2.70 bits per heavy atom. The highest BCUT2D eigenvalue weighted by Gasteiger charge is 2.32. The lowest BCUT2D eigenvalue weighted by atomic mass is 10.1. The third-order valence-electron chi connectivity index (χ3n) is 4.40. The maximum Gasteiger partial charge on any atom is 0.322 e. The summed E-state index contributed by atoms with van der Waals surface area (Å²) >= 11 is 0. The summed E-state index contributed by atoms with van der Waals surface area (Å²) in [6.45, 7) is 2.99. The molecule has 0 fully saturated rings. The van der Waals surface area contributed by atoms with Gasteiger partial charge in [0.05, 0.1) is 24.0 Å². The average Bonchev–Trinajstić information content (AvgIpc) is 2.60. The van der Waals surface area contributed by atoms with Gasteiger partial charge in [-0.3, -0.25) is 4.79 Å². The van der Waals surface area contributed by atoms with Crippen LogP contribution in [-0.2, 0) is 11.3 Å². The number of aromatic nitrogens is 1. The number of hydrogen-bond donors (Lipinski definition) is 2. The van der Waals surface area contributed by atoms with Crippen molar-refractivity contribution in [3.63, 3.8) is 0 Å². The molecule has 0 spiro atoms. The summed E-state index contributed by atoms with van der Waals surface area (Å²) in [5, 5.41) is 5.14. The van der Waals surface area contributed by atoms with Gasteiger partial charge in [-0.05, 0) is 32.0 Å². The number of urea groups is 1. The maximum atomic E-state index is 13.9. The number of halogens is 3. The number of hydrogen-bond acceptors (Lipinski definition) is 3. The van der Waals surface area contributed by atoms with E-state index in [4.69, 9.17) is 0 Å². The van der Waals surface area contributed by atoms with Gasteiger partial charge in [-0.25, -0.2) is 18.6 Å². The van der Waals surface area contributed by atoms with E-state index in [2.05, 4.69) is 15.6 Å². The summed E-state index contributed by atoms with van der Waals surface area (Å²) in [6, 6.07) is 3.42. The molecule has 0 aliphatic carbocycles. The quantitative estimate of drug-likeness (QED) is 0.794. The van der Waals surface area contributed by atoms with Gasteiger partial charge in [0.25, 0.3) is 0 Å². The molecule has 1 aromatic carbocycles. The minimum atomic E-state index is -0.922. The van der Waals surface area contributed by atoms with E-state index < -0.39 is 41.6 Å². The van der Waals surface area contributed by atoms with Crippen molar-refractivity contribution in [3.05, 3.63) is 59.2 Å². The lowest BCUT2D eigenvalue weighted by molar-refractivity contribution is -0.125. The van der Waals surface area contributed by atoms with Crippen LogP contribution >= 0.6 is 0 Å². The highest BCUT2D eigenvalue weighted by molar-refractivity contribution is 5.95. The highest BCUT2D eigenvalue weighted by atomic mass is 19.1. The second-order valence-corrected chi connectivity index (χ2v) is 6.26. The molecule has 0 saturated carbocycles. The molecule has 2 aromatic rings. The van der Waals surface area contributed by atoms with Gasteiger partial charge in [0.15, 0.2) is 0 Å². The minimum absolute atomic E-state index is 0. The van der Waals surface area contributed by atoms with Crippen molar-refractivity contribution >= 4 is 17.6 Å². The van der Waals surface area contributed by atoms with Crippen molar-refractivity contribution in [2.75, 3.05) is 5.32 Å². The topological polar surface area (TPSA) is 74.3 Å². The molecule has 27 heavy (non-hydrogen) atoms. The van der Waals surface area contributed by atoms with E-state index in [9.17, 15) is 22.8 Å². The molecule has 0 saturated heterocycles. The summed E-state index contributed by atoms with van der Waals surface area (Å²) in [5.41, 5.74) is 0.799. The number of pyridine rings is 1. The van der Waals surface area contributed by atoms with Crippen LogP contribution in [0.1, 0.15) is 34.0 Å². The molecule has 3 rings (SSSR count). The van der Waals surface area contributed by atoms with Crippen molar-refractivity contribution in [2.45, 2.75) is 32.5 Å². The number of carbonyl (C=O) groups is 2. The van der Waals surface area contributed by atoms with Crippen LogP contribution in [-0.4, -0.2) is 27.9 Å². The first-order chi connectivity index (χ1) is 12.8. The molecule has 2 heterocycles. The molecule has 2 atom stereocenters. The second kappa shape index (κ2) is 7.26. The van der Waals surface area contributed by atoms with Crippen molar-refractivity contribution < 1.29 is 25.6 Å². The largest absolute Gasteiger partial charge is 0.348 e. The first-order valence-electron chi connectivity index (χ1n) is 8.24. The molecule has 3 amide bonds. The Morgan fingerprint density at radius 1 is 1.26 bits per heavy atom. The van der Waals surface area contributed by atoms with Crippen molar-refractivity contribution in [3.8, 4) is 0 Å². The predicted molar refractivity (Wildman–Crippen MR) is 95.4 cm³/mol. The number of amides is 3. The summed E-state index contributed by atoms with van der Waals surface area (Å²) in [5.74, 6) is -2.73. The van der Waals surface area contributed by atoms with E-state index in [0.29, 0.717) is 11.4 Å². The zero-order valence-corrected chi connectivity index (χ0v) is 14.6. The fourth-order valence-corrected chi connectivity index (χ4v) is 2.85. The number of nitrogens with zero attached hydrogens (tertiary/aromatic N) is 2. The summed E-state index contributed by atoms with van der Waals surface area (Å²) in [4.78, 5) is 29.7. The van der Waals surface area contributed by atoms with E-state index in [0.717, 1.165) is 18.2 Å². The Balaban J connectivity index is 0.00000210. The van der Waals surface area contributed by atoms with E-state index in [1.165, 1.54) is 24.0 Å². The number of nitrogens with one attached hydrogen (secondary N) is 2. The molecule has 1 aliphatic heterocycles. The number of rotatable bonds is 4. The Labute approximate surface area is 156 Å². The molecular formula is C18H21F3N4O2. The minimum Gasteiger partial charge on any atom is -0.348 e. The monoisotopic (exact) mass is 382 g/mol. The summed E-state index contributed by atoms with van der Waals surface area (Å²) in [7, 11) is 0. The molecular weight excluding hydrogens is 361 g/mol. The summed E-state index contributed by atoms with van der Waals surface area (Å²) < 4.78 is 40.2. The van der Waals surface area contributed by atoms with E-state index in [-0.39, 0.29) is 15.0 Å². The fourth-order valence-electron chi connectivity index (χ4n) is 2.85. The van der Waals surface area contributed by atoms with Crippen LogP contribution in [0.2, 0.25) is 0 Å². The van der Waals surface area contributed by atoms with E-state index in [1.54, 1.807) is 6.92 Å². The number of fused-ring (bicyclic) bond motifs is 1. The second-order valence-electron chi connectivity index (χ2n) is 6.26. The molecule has 146 valence electrons. The van der Waals surface area contributed by atoms with Gasteiger partial charge in [-0.1, -0.05) is 6.07 Å². The Morgan fingerprint density at radius 2 is 2.00 bits per heavy atom. The summed E-state index contributed by atoms with van der Waals surface area (Å²) in [6.07, 6.45) is 0. The predicted octanol–water partition coefficient (Wildman–Crippen LogP) is 3.60. The highest BCUT2D eigenvalue weighted by Crippen LogP contribution is 2.24. The maximum absolute atomic E-state index is 13.9.